The van der Waals surface area contributed by atoms with Crippen molar-refractivity contribution >= 4 is 27.6 Å². The topological polar surface area (TPSA) is 21.4 Å². The highest BCUT2D eigenvalue weighted by Crippen LogP contribution is 2.40. The van der Waals surface area contributed by atoms with Crippen LogP contribution in [-0.2, 0) is 7.05 Å². The first-order valence-electron chi connectivity index (χ1n) is 8.73. The largest absolute Gasteiger partial charge is 0.456 e. The van der Waals surface area contributed by atoms with Crippen molar-refractivity contribution in [2.45, 2.75) is 27.7 Å². The van der Waals surface area contributed by atoms with Crippen molar-refractivity contribution < 1.29 is 8.98 Å². The molecule has 2 aromatic carbocycles. The summed E-state index contributed by atoms with van der Waals surface area (Å²) in [5.41, 5.74) is 9.14. The summed E-state index contributed by atoms with van der Waals surface area (Å²) in [6.07, 6.45) is 0. The molecule has 0 atom stereocenters. The van der Waals surface area contributed by atoms with Crippen LogP contribution >= 0.6 is 0 Å². The van der Waals surface area contributed by atoms with E-state index in [0.29, 0.717) is 5.69 Å². The second-order valence-electron chi connectivity index (χ2n) is 7.05. The van der Waals surface area contributed by atoms with Crippen molar-refractivity contribution in [3.63, 3.8) is 0 Å². The molecule has 0 saturated heterocycles. The Hall–Kier alpha value is -3.12. The molecular weight excluding hydrogens is 320 g/mol. The second kappa shape index (κ2) is 5.71. The quantitative estimate of drug-likeness (QED) is 0.314. The number of aryl methyl sites for hydroxylation is 4. The zero-order chi connectivity index (χ0) is 18.6. The highest BCUT2D eigenvalue weighted by atomic mass is 16.3. The fraction of sp³-hybridized carbons (Fsp3) is 0.217. The maximum absolute atomic E-state index is 7.36. The summed E-state index contributed by atoms with van der Waals surface area (Å²) in [6.45, 7) is 15.7. The van der Waals surface area contributed by atoms with E-state index in [4.69, 9.17) is 11.0 Å². The van der Waals surface area contributed by atoms with Gasteiger partial charge in [0.15, 0.2) is 11.4 Å². The van der Waals surface area contributed by atoms with E-state index in [9.17, 15) is 0 Å². The van der Waals surface area contributed by atoms with Crippen LogP contribution in [0, 0.1) is 34.3 Å². The lowest BCUT2D eigenvalue weighted by atomic mass is 9.99. The Morgan fingerprint density at radius 3 is 2.35 bits per heavy atom. The summed E-state index contributed by atoms with van der Waals surface area (Å²) in [7, 11) is 2.09. The van der Waals surface area contributed by atoms with Crippen molar-refractivity contribution in [3.8, 4) is 11.3 Å². The van der Waals surface area contributed by atoms with Crippen LogP contribution in [0.25, 0.3) is 38.0 Å². The Morgan fingerprint density at radius 2 is 1.62 bits per heavy atom. The molecule has 0 aliphatic heterocycles. The zero-order valence-electron chi connectivity index (χ0n) is 15.8. The van der Waals surface area contributed by atoms with Crippen LogP contribution in [-0.4, -0.2) is 0 Å². The lowest BCUT2D eigenvalue weighted by Crippen LogP contribution is -2.35. The van der Waals surface area contributed by atoms with Crippen LogP contribution in [0.3, 0.4) is 0 Å². The fourth-order valence-electron chi connectivity index (χ4n) is 3.78. The first kappa shape index (κ1) is 16.4. The molecule has 3 nitrogen and oxygen atoms in total. The Morgan fingerprint density at radius 1 is 0.923 bits per heavy atom. The number of benzene rings is 2. The number of rotatable bonds is 1. The SMILES string of the molecule is [C-]#[N+]c1ccc2c(oc3c(-c4cc(C)cc(C)[n+]4C)c(C)ccc32)c1C. The average Bonchev–Trinajstić information content (AvgIpc) is 2.98. The van der Waals surface area contributed by atoms with E-state index in [-0.39, 0.29) is 0 Å². The van der Waals surface area contributed by atoms with Crippen molar-refractivity contribution in [2.24, 2.45) is 7.05 Å². The number of hydrogen-bond donors (Lipinski definition) is 0. The van der Waals surface area contributed by atoms with Gasteiger partial charge in [-0.3, -0.25) is 0 Å². The van der Waals surface area contributed by atoms with Gasteiger partial charge in [-0.2, -0.15) is 4.57 Å². The van der Waals surface area contributed by atoms with Gasteiger partial charge >= 0.3 is 0 Å². The molecule has 0 aliphatic rings. The molecular formula is C23H21N2O+. The van der Waals surface area contributed by atoms with E-state index in [1.54, 1.807) is 0 Å². The standard InChI is InChI=1S/C23H21N2O/c1-13-11-15(3)25(6)20(12-13)21-14(2)7-8-18-17-9-10-19(24-5)16(4)22(17)26-23(18)21/h7-12H,1-4,6H3/q+1. The minimum absolute atomic E-state index is 0.645. The molecule has 3 heteroatoms. The molecule has 128 valence electrons. The second-order valence-corrected chi connectivity index (χ2v) is 7.05. The van der Waals surface area contributed by atoms with Crippen molar-refractivity contribution in [1.82, 2.24) is 0 Å². The summed E-state index contributed by atoms with van der Waals surface area (Å²) >= 11 is 0. The maximum atomic E-state index is 7.36. The normalized spacial score (nSPS) is 11.2. The van der Waals surface area contributed by atoms with Gasteiger partial charge in [0.1, 0.15) is 18.2 Å². The Labute approximate surface area is 153 Å². The average molecular weight is 341 g/mol. The van der Waals surface area contributed by atoms with Gasteiger partial charge in [-0.05, 0) is 37.5 Å². The van der Waals surface area contributed by atoms with Crippen molar-refractivity contribution in [2.75, 3.05) is 0 Å². The number of nitrogens with zero attached hydrogens (tertiary/aromatic N) is 2. The number of aromatic nitrogens is 1. The van der Waals surface area contributed by atoms with Crippen molar-refractivity contribution in [1.29, 1.82) is 0 Å². The lowest BCUT2D eigenvalue weighted by molar-refractivity contribution is -0.666. The molecule has 0 spiro atoms. The van der Waals surface area contributed by atoms with Crippen LogP contribution in [0.5, 0.6) is 0 Å². The van der Waals surface area contributed by atoms with E-state index in [2.05, 4.69) is 61.5 Å². The zero-order valence-corrected chi connectivity index (χ0v) is 15.8. The Kier molecular flexibility index (Phi) is 3.59. The molecule has 0 N–H and O–H groups in total. The van der Waals surface area contributed by atoms with E-state index in [0.717, 1.165) is 38.8 Å². The summed E-state index contributed by atoms with van der Waals surface area (Å²) < 4.78 is 8.58. The number of pyridine rings is 1. The smallest absolute Gasteiger partial charge is 0.216 e. The van der Waals surface area contributed by atoms with Gasteiger partial charge in [-0.15, -0.1) is 0 Å². The fourth-order valence-corrected chi connectivity index (χ4v) is 3.78. The molecule has 0 radical (unpaired) electrons. The predicted octanol–water partition coefficient (Wildman–Crippen LogP) is 5.86. The molecule has 4 aromatic rings. The number of furan rings is 1. The van der Waals surface area contributed by atoms with Gasteiger partial charge in [0.25, 0.3) is 0 Å². The minimum atomic E-state index is 0.645. The van der Waals surface area contributed by atoms with Crippen LogP contribution in [0.4, 0.5) is 5.69 Å². The number of hydrogen-bond acceptors (Lipinski definition) is 1. The first-order chi connectivity index (χ1) is 12.4. The molecule has 2 aromatic heterocycles. The molecule has 26 heavy (non-hydrogen) atoms. The lowest BCUT2D eigenvalue weighted by Gasteiger charge is -2.08. The molecule has 2 heterocycles. The van der Waals surface area contributed by atoms with E-state index in [1.165, 1.54) is 16.8 Å². The Balaban J connectivity index is 2.17. The number of fused-ring (bicyclic) bond motifs is 3. The maximum Gasteiger partial charge on any atom is 0.216 e. The molecule has 0 fully saturated rings. The van der Waals surface area contributed by atoms with E-state index < -0.39 is 0 Å². The van der Waals surface area contributed by atoms with Crippen LogP contribution < -0.4 is 4.57 Å². The molecule has 0 unspecified atom stereocenters. The summed E-state index contributed by atoms with van der Waals surface area (Å²) in [6, 6.07) is 12.6. The molecule has 0 bridgehead atoms. The summed E-state index contributed by atoms with van der Waals surface area (Å²) in [5, 5.41) is 2.16. The molecule has 0 amide bonds. The monoisotopic (exact) mass is 341 g/mol. The third-order valence-corrected chi connectivity index (χ3v) is 5.31. The molecule has 4 rings (SSSR count). The van der Waals surface area contributed by atoms with Gasteiger partial charge in [0.2, 0.25) is 5.69 Å². The van der Waals surface area contributed by atoms with E-state index in [1.807, 2.05) is 19.1 Å². The highest BCUT2D eigenvalue weighted by molar-refractivity contribution is 6.11. The van der Waals surface area contributed by atoms with E-state index >= 15 is 0 Å². The van der Waals surface area contributed by atoms with Crippen LogP contribution in [0.2, 0.25) is 0 Å². The predicted molar refractivity (Wildman–Crippen MR) is 106 cm³/mol. The van der Waals surface area contributed by atoms with Crippen molar-refractivity contribution in [3.05, 3.63) is 70.2 Å². The van der Waals surface area contributed by atoms with Gasteiger partial charge in [0.05, 0.1) is 12.1 Å². The highest BCUT2D eigenvalue weighted by Gasteiger charge is 2.22. The minimum Gasteiger partial charge on any atom is -0.456 e. The summed E-state index contributed by atoms with van der Waals surface area (Å²) in [5.74, 6) is 0. The first-order valence-corrected chi connectivity index (χ1v) is 8.73. The van der Waals surface area contributed by atoms with Gasteiger partial charge in [-0.1, -0.05) is 24.3 Å². The molecule has 0 aliphatic carbocycles. The third-order valence-electron chi connectivity index (χ3n) is 5.31. The molecule has 0 saturated carbocycles. The van der Waals surface area contributed by atoms with Gasteiger partial charge in [0, 0.05) is 29.8 Å². The van der Waals surface area contributed by atoms with Gasteiger partial charge < -0.3 is 4.42 Å². The van der Waals surface area contributed by atoms with Crippen LogP contribution in [0.15, 0.2) is 40.8 Å². The van der Waals surface area contributed by atoms with Gasteiger partial charge in [-0.25, -0.2) is 4.85 Å². The Bertz CT molecular complexity index is 1240. The summed E-state index contributed by atoms with van der Waals surface area (Å²) in [4.78, 5) is 3.61. The third kappa shape index (κ3) is 2.23. The van der Waals surface area contributed by atoms with Crippen LogP contribution in [0.1, 0.15) is 22.4 Å².